The van der Waals surface area contributed by atoms with Gasteiger partial charge in [-0.3, -0.25) is 9.59 Å². The number of halogens is 6. The molecule has 40 heavy (non-hydrogen) atoms. The monoisotopic (exact) mass is 592 g/mol. The summed E-state index contributed by atoms with van der Waals surface area (Å²) in [7, 11) is 0. The number of benzene rings is 1. The summed E-state index contributed by atoms with van der Waals surface area (Å²) in [5.74, 6) is -2.95. The first-order valence-corrected chi connectivity index (χ1v) is 12.3. The number of anilines is 2. The van der Waals surface area contributed by atoms with Gasteiger partial charge in [-0.05, 0) is 80.4 Å². The first-order chi connectivity index (χ1) is 18.4. The molecule has 0 radical (unpaired) electrons. The number of aliphatic carboxylic acids is 1. The number of carbonyl (C=O) groups is 4. The van der Waals surface area contributed by atoms with Crippen LogP contribution in [0, 0.1) is 5.92 Å². The molecule has 0 spiro atoms. The second-order valence-corrected chi connectivity index (χ2v) is 10.4. The number of carboxylic acid groups (broad SMARTS) is 1. The van der Waals surface area contributed by atoms with Crippen LogP contribution in [0.3, 0.4) is 0 Å². The van der Waals surface area contributed by atoms with Crippen LogP contribution in [0.5, 0.6) is 0 Å². The molecule has 2 N–H and O–H groups in total. The zero-order valence-corrected chi connectivity index (χ0v) is 21.7. The van der Waals surface area contributed by atoms with Crippen molar-refractivity contribution in [1.82, 2.24) is 9.88 Å². The van der Waals surface area contributed by atoms with Gasteiger partial charge in [-0.2, -0.15) is 26.3 Å². The van der Waals surface area contributed by atoms with Crippen LogP contribution in [0.2, 0.25) is 0 Å². The first-order valence-electron chi connectivity index (χ1n) is 11.5. The predicted molar refractivity (Wildman–Crippen MR) is 130 cm³/mol. The molecule has 1 aromatic heterocycles. The number of hydrogen-bond acceptors (Lipinski definition) is 6. The number of rotatable bonds is 6. The fraction of sp³-hybridized carbons (Fsp3) is 0.375. The average molecular weight is 593 g/mol. The van der Waals surface area contributed by atoms with E-state index in [2.05, 4.69) is 10.3 Å². The molecule has 1 aliphatic carbocycles. The summed E-state index contributed by atoms with van der Waals surface area (Å²) in [6, 6.07) is 7.85. The van der Waals surface area contributed by atoms with Crippen molar-refractivity contribution in [3.05, 3.63) is 48.2 Å². The van der Waals surface area contributed by atoms with Crippen LogP contribution < -0.4 is 10.2 Å². The van der Waals surface area contributed by atoms with E-state index in [1.165, 1.54) is 35.4 Å². The number of nitrogens with zero attached hydrogens (tertiary/aromatic N) is 3. The maximum atomic E-state index is 13.2. The normalized spacial score (nSPS) is 16.9. The third kappa shape index (κ3) is 7.64. The third-order valence-electron chi connectivity index (χ3n) is 5.76. The standard InChI is InChI=1S/C22H21F3N4O3S.C2HF3O2/c1-21(2)19(31)29(15-5-7-16(8-6-15)33-22(23,24)25)20(32)28(21)12-13-9-10-26-17(11-13)27-18(30)14-3-4-14;3-2(4,5)1(6)7/h5-11,14H,3-4,12H2,1-2H3,(H,26,27,30);(H,6,7). The Labute approximate surface area is 227 Å². The van der Waals surface area contributed by atoms with Gasteiger partial charge in [0, 0.05) is 23.6 Å². The van der Waals surface area contributed by atoms with E-state index >= 15 is 0 Å². The molecule has 1 saturated heterocycles. The van der Waals surface area contributed by atoms with Gasteiger partial charge in [-0.1, -0.05) is 0 Å². The predicted octanol–water partition coefficient (Wildman–Crippen LogP) is 5.42. The summed E-state index contributed by atoms with van der Waals surface area (Å²) in [5.41, 5.74) is -4.75. The first kappa shape index (κ1) is 30.7. The lowest BCUT2D eigenvalue weighted by molar-refractivity contribution is -0.192. The van der Waals surface area contributed by atoms with Gasteiger partial charge in [0.2, 0.25) is 5.91 Å². The van der Waals surface area contributed by atoms with E-state index in [1.807, 2.05) is 0 Å². The number of pyridine rings is 1. The highest BCUT2D eigenvalue weighted by Gasteiger charge is 2.51. The average Bonchev–Trinajstić information content (AvgIpc) is 3.66. The van der Waals surface area contributed by atoms with E-state index in [0.29, 0.717) is 11.4 Å². The molecule has 216 valence electrons. The Kier molecular flexibility index (Phi) is 8.71. The van der Waals surface area contributed by atoms with Gasteiger partial charge >= 0.3 is 23.7 Å². The Morgan fingerprint density at radius 2 is 1.65 bits per heavy atom. The smallest absolute Gasteiger partial charge is 0.475 e. The van der Waals surface area contributed by atoms with Crippen LogP contribution >= 0.6 is 11.8 Å². The van der Waals surface area contributed by atoms with E-state index in [1.54, 1.807) is 26.0 Å². The molecule has 16 heteroatoms. The summed E-state index contributed by atoms with van der Waals surface area (Å²) in [4.78, 5) is 53.6. The van der Waals surface area contributed by atoms with Gasteiger partial charge in [-0.25, -0.2) is 19.5 Å². The van der Waals surface area contributed by atoms with Gasteiger partial charge in [-0.15, -0.1) is 0 Å². The number of nitrogens with one attached hydrogen (secondary N) is 1. The van der Waals surface area contributed by atoms with Crippen molar-refractivity contribution in [1.29, 1.82) is 0 Å². The zero-order valence-electron chi connectivity index (χ0n) is 20.8. The lowest BCUT2D eigenvalue weighted by Crippen LogP contribution is -2.43. The summed E-state index contributed by atoms with van der Waals surface area (Å²) in [5, 5.41) is 9.88. The summed E-state index contributed by atoms with van der Waals surface area (Å²) in [6.07, 6.45) is -1.85. The Balaban J connectivity index is 0.000000559. The molecule has 0 unspecified atom stereocenters. The minimum absolute atomic E-state index is 0.0154. The number of carbonyl (C=O) groups excluding carboxylic acids is 3. The number of amides is 4. The quantitative estimate of drug-likeness (QED) is 0.261. The van der Waals surface area contributed by atoms with Crippen molar-refractivity contribution in [2.45, 2.75) is 55.4 Å². The number of thioether (sulfide) groups is 1. The molecule has 4 rings (SSSR count). The van der Waals surface area contributed by atoms with E-state index in [-0.39, 0.29) is 40.7 Å². The zero-order chi connectivity index (χ0) is 30.0. The van der Waals surface area contributed by atoms with Gasteiger partial charge in [0.05, 0.1) is 5.69 Å². The molecule has 0 atom stereocenters. The maximum Gasteiger partial charge on any atom is 0.490 e. The summed E-state index contributed by atoms with van der Waals surface area (Å²) < 4.78 is 69.5. The number of carboxylic acids is 1. The lowest BCUT2D eigenvalue weighted by Gasteiger charge is -2.27. The minimum atomic E-state index is -5.08. The molecule has 2 aliphatic rings. The van der Waals surface area contributed by atoms with E-state index < -0.39 is 35.1 Å². The Hall–Kier alpha value is -3.82. The van der Waals surface area contributed by atoms with Gasteiger partial charge < -0.3 is 15.3 Å². The molecule has 2 aromatic rings. The van der Waals surface area contributed by atoms with E-state index in [9.17, 15) is 40.7 Å². The van der Waals surface area contributed by atoms with Crippen molar-refractivity contribution >= 4 is 47.1 Å². The molecule has 4 amide bonds. The van der Waals surface area contributed by atoms with Crippen molar-refractivity contribution in [2.75, 3.05) is 10.2 Å². The van der Waals surface area contributed by atoms with Crippen molar-refractivity contribution in [3.8, 4) is 0 Å². The molecule has 2 heterocycles. The highest BCUT2D eigenvalue weighted by atomic mass is 32.2. The number of urea groups is 1. The molecular weight excluding hydrogens is 570 g/mol. The molecule has 1 aromatic carbocycles. The summed E-state index contributed by atoms with van der Waals surface area (Å²) in [6.45, 7) is 3.31. The van der Waals surface area contributed by atoms with Crippen LogP contribution in [0.4, 0.5) is 42.6 Å². The molecule has 0 bridgehead atoms. The number of imide groups is 1. The number of aromatic nitrogens is 1. The van der Waals surface area contributed by atoms with Crippen LogP contribution in [0.25, 0.3) is 0 Å². The topological polar surface area (TPSA) is 120 Å². The van der Waals surface area contributed by atoms with E-state index in [0.717, 1.165) is 17.7 Å². The fourth-order valence-electron chi connectivity index (χ4n) is 3.52. The Bertz CT molecular complexity index is 1300. The molecule has 9 nitrogen and oxygen atoms in total. The van der Waals surface area contributed by atoms with Gasteiger partial charge in [0.15, 0.2) is 0 Å². The number of hydrogen-bond donors (Lipinski definition) is 2. The summed E-state index contributed by atoms with van der Waals surface area (Å²) >= 11 is -0.268. The second kappa shape index (κ2) is 11.3. The lowest BCUT2D eigenvalue weighted by atomic mass is 10.0. The Morgan fingerprint density at radius 1 is 1.07 bits per heavy atom. The van der Waals surface area contributed by atoms with E-state index in [4.69, 9.17) is 9.90 Å². The number of alkyl halides is 6. The molecule has 1 aliphatic heterocycles. The van der Waals surface area contributed by atoms with Crippen LogP contribution in [-0.2, 0) is 20.9 Å². The molecule has 2 fully saturated rings. The fourth-order valence-corrected chi connectivity index (χ4v) is 4.06. The molecule has 1 saturated carbocycles. The SMILES string of the molecule is CC1(C)C(=O)N(c2ccc(SC(F)(F)F)cc2)C(=O)N1Cc1ccnc(NC(=O)C2CC2)c1.O=C(O)C(F)(F)F. The van der Waals surface area contributed by atoms with Crippen LogP contribution in [0.1, 0.15) is 32.3 Å². The third-order valence-corrected chi connectivity index (χ3v) is 6.50. The van der Waals surface area contributed by atoms with Crippen molar-refractivity contribution in [3.63, 3.8) is 0 Å². The minimum Gasteiger partial charge on any atom is -0.475 e. The Morgan fingerprint density at radius 3 is 2.15 bits per heavy atom. The second-order valence-electron chi connectivity index (χ2n) is 9.23. The van der Waals surface area contributed by atoms with Gasteiger partial charge in [0.1, 0.15) is 11.4 Å². The molecular formula is C24H22F6N4O5S. The highest BCUT2D eigenvalue weighted by Crippen LogP contribution is 2.39. The van der Waals surface area contributed by atoms with Crippen molar-refractivity contribution < 1.29 is 50.6 Å². The van der Waals surface area contributed by atoms with Crippen LogP contribution in [-0.4, -0.2) is 56.0 Å². The maximum absolute atomic E-state index is 13.2. The van der Waals surface area contributed by atoms with Crippen molar-refractivity contribution in [2.24, 2.45) is 5.92 Å². The van der Waals surface area contributed by atoms with Gasteiger partial charge in [0.25, 0.3) is 5.91 Å². The largest absolute Gasteiger partial charge is 0.490 e. The van der Waals surface area contributed by atoms with Crippen LogP contribution in [0.15, 0.2) is 47.5 Å². The highest BCUT2D eigenvalue weighted by molar-refractivity contribution is 8.00.